The molecule has 1 aliphatic rings. The van der Waals surface area contributed by atoms with Gasteiger partial charge in [0.15, 0.2) is 5.82 Å². The molecule has 1 N–H and O–H groups in total. The molecule has 2 aromatic carbocycles. The number of carbonyl (C=O) groups excluding carboxylic acids is 1. The second-order valence-electron chi connectivity index (χ2n) is 6.98. The number of likely N-dealkylation sites (N-methyl/N-ethyl adjacent to an activating group) is 1. The zero-order valence-corrected chi connectivity index (χ0v) is 17.2. The van der Waals surface area contributed by atoms with Crippen molar-refractivity contribution in [1.82, 2.24) is 14.5 Å². The van der Waals surface area contributed by atoms with Crippen molar-refractivity contribution in [3.63, 3.8) is 0 Å². The molecular weight excluding hydrogens is 395 g/mol. The Morgan fingerprint density at radius 2 is 1.82 bits per heavy atom. The van der Waals surface area contributed by atoms with Gasteiger partial charge >= 0.3 is 0 Å². The standard InChI is InChI=1S/C21H20Cl2N4O/c1-26-11-10-18-17(12-26)24-20(27(18)2)21(28)25-16-9-5-7-14(19(16)23)13-6-3-4-8-15(13)22/h3-9H,10-12H2,1-2H3,(H,25,28). The van der Waals surface area contributed by atoms with E-state index in [9.17, 15) is 4.79 Å². The van der Waals surface area contributed by atoms with Gasteiger partial charge in [0.1, 0.15) is 0 Å². The van der Waals surface area contributed by atoms with Crippen molar-refractivity contribution >= 4 is 34.8 Å². The van der Waals surface area contributed by atoms with Crippen LogP contribution in [-0.2, 0) is 20.0 Å². The molecule has 0 bridgehead atoms. The monoisotopic (exact) mass is 414 g/mol. The van der Waals surface area contributed by atoms with E-state index in [1.165, 1.54) is 0 Å². The van der Waals surface area contributed by atoms with Crippen LogP contribution in [0.3, 0.4) is 0 Å². The third kappa shape index (κ3) is 3.41. The minimum absolute atomic E-state index is 0.280. The zero-order valence-electron chi connectivity index (χ0n) is 15.7. The van der Waals surface area contributed by atoms with Gasteiger partial charge in [-0.3, -0.25) is 4.79 Å². The summed E-state index contributed by atoms with van der Waals surface area (Å²) in [5, 5.41) is 3.96. The molecule has 0 fully saturated rings. The van der Waals surface area contributed by atoms with Crippen molar-refractivity contribution in [2.45, 2.75) is 13.0 Å². The normalized spacial score (nSPS) is 14.0. The number of carbonyl (C=O) groups is 1. The van der Waals surface area contributed by atoms with Gasteiger partial charge in [0, 0.05) is 48.4 Å². The molecule has 0 aliphatic carbocycles. The summed E-state index contributed by atoms with van der Waals surface area (Å²) in [7, 11) is 3.94. The summed E-state index contributed by atoms with van der Waals surface area (Å²) in [6, 6.07) is 13.0. The predicted octanol–water partition coefficient (Wildman–Crippen LogP) is 4.63. The third-order valence-electron chi connectivity index (χ3n) is 5.06. The third-order valence-corrected chi connectivity index (χ3v) is 5.80. The smallest absolute Gasteiger partial charge is 0.291 e. The van der Waals surface area contributed by atoms with E-state index in [0.29, 0.717) is 21.6 Å². The van der Waals surface area contributed by atoms with Gasteiger partial charge in [0.2, 0.25) is 0 Å². The first-order valence-corrected chi connectivity index (χ1v) is 9.79. The van der Waals surface area contributed by atoms with Crippen LogP contribution in [0.1, 0.15) is 22.0 Å². The summed E-state index contributed by atoms with van der Waals surface area (Å²) in [5.41, 5.74) is 4.19. The fourth-order valence-corrected chi connectivity index (χ4v) is 4.07. The number of hydrogen-bond donors (Lipinski definition) is 1. The van der Waals surface area contributed by atoms with Gasteiger partial charge in [-0.05, 0) is 19.2 Å². The van der Waals surface area contributed by atoms with E-state index in [-0.39, 0.29) is 5.91 Å². The van der Waals surface area contributed by atoms with Gasteiger partial charge in [-0.1, -0.05) is 53.5 Å². The first-order chi connectivity index (χ1) is 13.5. The minimum Gasteiger partial charge on any atom is -0.327 e. The van der Waals surface area contributed by atoms with Crippen molar-refractivity contribution < 1.29 is 4.79 Å². The Kier molecular flexibility index (Phi) is 5.15. The first kappa shape index (κ1) is 19.0. The van der Waals surface area contributed by atoms with E-state index in [2.05, 4.69) is 22.2 Å². The molecule has 144 valence electrons. The van der Waals surface area contributed by atoms with Crippen LogP contribution >= 0.6 is 23.2 Å². The van der Waals surface area contributed by atoms with Crippen LogP contribution in [0.2, 0.25) is 10.0 Å². The minimum atomic E-state index is -0.280. The second kappa shape index (κ2) is 7.59. The Balaban J connectivity index is 1.65. The molecule has 7 heteroatoms. The quantitative estimate of drug-likeness (QED) is 0.679. The maximum Gasteiger partial charge on any atom is 0.291 e. The largest absolute Gasteiger partial charge is 0.327 e. The summed E-state index contributed by atoms with van der Waals surface area (Å²) < 4.78 is 1.88. The molecule has 0 atom stereocenters. The molecule has 0 unspecified atom stereocenters. The fourth-order valence-electron chi connectivity index (χ4n) is 3.56. The van der Waals surface area contributed by atoms with Gasteiger partial charge in [0.05, 0.1) is 16.4 Å². The average Bonchev–Trinajstić information content (AvgIpc) is 3.00. The molecule has 28 heavy (non-hydrogen) atoms. The Morgan fingerprint density at radius 3 is 2.61 bits per heavy atom. The summed E-state index contributed by atoms with van der Waals surface area (Å²) in [4.78, 5) is 19.7. The number of nitrogens with zero attached hydrogens (tertiary/aromatic N) is 3. The molecule has 3 aromatic rings. The summed E-state index contributed by atoms with van der Waals surface area (Å²) >= 11 is 12.9. The second-order valence-corrected chi connectivity index (χ2v) is 7.76. The number of hydrogen-bond acceptors (Lipinski definition) is 3. The van der Waals surface area contributed by atoms with E-state index in [1.807, 2.05) is 48.0 Å². The number of imidazole rings is 1. The highest BCUT2D eigenvalue weighted by Crippen LogP contribution is 2.37. The van der Waals surface area contributed by atoms with Crippen molar-refractivity contribution in [3.8, 4) is 11.1 Å². The Morgan fingerprint density at radius 1 is 1.07 bits per heavy atom. The number of amides is 1. The van der Waals surface area contributed by atoms with Gasteiger partial charge in [-0.25, -0.2) is 4.98 Å². The van der Waals surface area contributed by atoms with Crippen LogP contribution in [0.25, 0.3) is 11.1 Å². The van der Waals surface area contributed by atoms with Crippen LogP contribution in [0, 0.1) is 0 Å². The number of halogens is 2. The van der Waals surface area contributed by atoms with E-state index < -0.39 is 0 Å². The lowest BCUT2D eigenvalue weighted by Gasteiger charge is -2.21. The maximum absolute atomic E-state index is 12.9. The van der Waals surface area contributed by atoms with E-state index in [0.717, 1.165) is 42.0 Å². The molecule has 1 aliphatic heterocycles. The van der Waals surface area contributed by atoms with Crippen LogP contribution < -0.4 is 5.32 Å². The van der Waals surface area contributed by atoms with Crippen molar-refractivity contribution in [2.24, 2.45) is 7.05 Å². The summed E-state index contributed by atoms with van der Waals surface area (Å²) in [6.45, 7) is 1.71. The number of aromatic nitrogens is 2. The summed E-state index contributed by atoms with van der Waals surface area (Å²) in [6.07, 6.45) is 0.880. The average molecular weight is 415 g/mol. The fraction of sp³-hybridized carbons (Fsp3) is 0.238. The van der Waals surface area contributed by atoms with Gasteiger partial charge in [0.25, 0.3) is 5.91 Å². The Hall–Kier alpha value is -2.34. The van der Waals surface area contributed by atoms with E-state index in [4.69, 9.17) is 23.2 Å². The lowest BCUT2D eigenvalue weighted by Crippen LogP contribution is -2.27. The Labute approximate surface area is 173 Å². The maximum atomic E-state index is 12.9. The Bertz CT molecular complexity index is 1060. The zero-order chi connectivity index (χ0) is 19.8. The van der Waals surface area contributed by atoms with Crippen molar-refractivity contribution in [2.75, 3.05) is 18.9 Å². The molecule has 5 nitrogen and oxygen atoms in total. The van der Waals surface area contributed by atoms with Gasteiger partial charge in [-0.15, -0.1) is 0 Å². The topological polar surface area (TPSA) is 50.2 Å². The molecule has 0 radical (unpaired) electrons. The molecular formula is C21H20Cl2N4O. The van der Waals surface area contributed by atoms with Crippen molar-refractivity contribution in [1.29, 1.82) is 0 Å². The molecule has 0 saturated carbocycles. The predicted molar refractivity (Wildman–Crippen MR) is 113 cm³/mol. The van der Waals surface area contributed by atoms with E-state index in [1.54, 1.807) is 6.07 Å². The highest BCUT2D eigenvalue weighted by atomic mass is 35.5. The molecule has 1 amide bonds. The molecule has 4 rings (SSSR count). The highest BCUT2D eigenvalue weighted by molar-refractivity contribution is 6.38. The lowest BCUT2D eigenvalue weighted by atomic mass is 10.0. The van der Waals surface area contributed by atoms with Gasteiger partial charge < -0.3 is 14.8 Å². The van der Waals surface area contributed by atoms with Crippen LogP contribution in [0.5, 0.6) is 0 Å². The number of benzene rings is 2. The number of nitrogens with one attached hydrogen (secondary N) is 1. The molecule has 0 spiro atoms. The van der Waals surface area contributed by atoms with Crippen LogP contribution in [0.4, 0.5) is 5.69 Å². The highest BCUT2D eigenvalue weighted by Gasteiger charge is 2.24. The molecule has 2 heterocycles. The lowest BCUT2D eigenvalue weighted by molar-refractivity contribution is 0.101. The van der Waals surface area contributed by atoms with Gasteiger partial charge in [-0.2, -0.15) is 0 Å². The number of anilines is 1. The van der Waals surface area contributed by atoms with Crippen LogP contribution in [0.15, 0.2) is 42.5 Å². The van der Waals surface area contributed by atoms with Crippen molar-refractivity contribution in [3.05, 3.63) is 69.7 Å². The number of rotatable bonds is 3. The summed E-state index contributed by atoms with van der Waals surface area (Å²) in [5.74, 6) is 0.109. The first-order valence-electron chi connectivity index (χ1n) is 9.03. The molecule has 0 saturated heterocycles. The van der Waals surface area contributed by atoms with E-state index >= 15 is 0 Å². The molecule has 1 aromatic heterocycles. The SMILES string of the molecule is CN1CCc2c(nc(C(=O)Nc3cccc(-c4ccccc4Cl)c3Cl)n2C)C1. The van der Waals surface area contributed by atoms with Crippen LogP contribution in [-0.4, -0.2) is 34.0 Å². The number of fused-ring (bicyclic) bond motifs is 1.